The molecular formula is C22H4F30O2. The van der Waals surface area contributed by atoms with Crippen molar-refractivity contribution >= 4 is 11.6 Å². The Labute approximate surface area is 273 Å². The highest BCUT2D eigenvalue weighted by Gasteiger charge is 2.95. The van der Waals surface area contributed by atoms with E-state index < -0.39 is 118 Å². The first-order valence-electron chi connectivity index (χ1n) is 11.9. The zero-order valence-corrected chi connectivity index (χ0v) is 23.5. The SMILES string of the molecule is O=C(c1ccccc1C(=O)C(F)(F)C(F)(F)C(F)(F)C(F)(F)C(F)(F)C(F)(F)C(F)(F)F)C(F)(F)C(F)(F)C(F)(F)C(F)(F)C(F)(F)C(F)(F)C(F)(F)F. The number of benzene rings is 1. The smallest absolute Gasteiger partial charge is 0.287 e. The largest absolute Gasteiger partial charge is 0.460 e. The summed E-state index contributed by atoms with van der Waals surface area (Å²) in [5, 5.41) is 0. The van der Waals surface area contributed by atoms with Crippen LogP contribution in [0, 0.1) is 0 Å². The van der Waals surface area contributed by atoms with Gasteiger partial charge in [-0.1, -0.05) is 24.3 Å². The van der Waals surface area contributed by atoms with Gasteiger partial charge in [0, 0.05) is 11.1 Å². The normalized spacial score (nSPS) is 16.1. The summed E-state index contributed by atoms with van der Waals surface area (Å²) in [6, 6.07) is -2.66. The van der Waals surface area contributed by atoms with Gasteiger partial charge in [0.15, 0.2) is 0 Å². The van der Waals surface area contributed by atoms with Gasteiger partial charge < -0.3 is 0 Å². The molecule has 0 unspecified atom stereocenters. The van der Waals surface area contributed by atoms with Crippen molar-refractivity contribution in [3.63, 3.8) is 0 Å². The van der Waals surface area contributed by atoms with Gasteiger partial charge in [-0.3, -0.25) is 9.59 Å². The molecule has 0 spiro atoms. The predicted octanol–water partition coefficient (Wildman–Crippen LogP) is 10.8. The van der Waals surface area contributed by atoms with Gasteiger partial charge in [-0.2, -0.15) is 132 Å². The molecule has 0 aliphatic heterocycles. The maximum atomic E-state index is 14.4. The van der Waals surface area contributed by atoms with Crippen LogP contribution in [0.4, 0.5) is 132 Å². The second-order valence-electron chi connectivity index (χ2n) is 10.1. The van der Waals surface area contributed by atoms with Crippen LogP contribution in [0.25, 0.3) is 0 Å². The van der Waals surface area contributed by atoms with Crippen LogP contribution in [0.1, 0.15) is 20.7 Å². The number of hydrogen-bond acceptors (Lipinski definition) is 2. The summed E-state index contributed by atoms with van der Waals surface area (Å²) in [5.74, 6) is -115. The van der Waals surface area contributed by atoms with Crippen LogP contribution < -0.4 is 0 Å². The monoisotopic (exact) mass is 870 g/mol. The molecule has 0 bridgehead atoms. The van der Waals surface area contributed by atoms with Gasteiger partial charge in [0.25, 0.3) is 0 Å². The topological polar surface area (TPSA) is 34.1 Å². The molecule has 1 aromatic carbocycles. The van der Waals surface area contributed by atoms with Crippen LogP contribution in [0.2, 0.25) is 0 Å². The molecule has 0 N–H and O–H groups in total. The Kier molecular flexibility index (Phi) is 11.2. The second-order valence-corrected chi connectivity index (χ2v) is 10.1. The minimum atomic E-state index is -9.11. The number of Topliss-reactive ketones (excluding diaryl/α,β-unsaturated/α-hetero) is 2. The fourth-order valence-corrected chi connectivity index (χ4v) is 3.44. The fourth-order valence-electron chi connectivity index (χ4n) is 3.44. The van der Waals surface area contributed by atoms with Crippen molar-refractivity contribution in [2.75, 3.05) is 0 Å². The number of halogens is 30. The average molecular weight is 870 g/mol. The molecule has 314 valence electrons. The van der Waals surface area contributed by atoms with E-state index in [2.05, 4.69) is 0 Å². The summed E-state index contributed by atoms with van der Waals surface area (Å²) in [6.45, 7) is 0. The van der Waals surface area contributed by atoms with Crippen LogP contribution in [0.3, 0.4) is 0 Å². The molecule has 0 heterocycles. The van der Waals surface area contributed by atoms with E-state index in [9.17, 15) is 141 Å². The zero-order chi connectivity index (χ0) is 44.1. The zero-order valence-electron chi connectivity index (χ0n) is 23.5. The summed E-state index contributed by atoms with van der Waals surface area (Å²) in [5.41, 5.74) is -6.89. The van der Waals surface area contributed by atoms with Crippen LogP contribution in [-0.2, 0) is 0 Å². The molecule has 0 fully saturated rings. The molecule has 0 radical (unpaired) electrons. The minimum Gasteiger partial charge on any atom is -0.287 e. The van der Waals surface area contributed by atoms with Crippen molar-refractivity contribution in [2.45, 2.75) is 83.4 Å². The average Bonchev–Trinajstić information content (AvgIpc) is 2.97. The molecule has 0 saturated heterocycles. The van der Waals surface area contributed by atoms with Gasteiger partial charge in [-0.15, -0.1) is 0 Å². The predicted molar refractivity (Wildman–Crippen MR) is 107 cm³/mol. The third-order valence-electron chi connectivity index (χ3n) is 6.64. The summed E-state index contributed by atoms with van der Waals surface area (Å²) in [6.07, 6.45) is -16.2. The lowest BCUT2D eigenvalue weighted by molar-refractivity contribution is -0.449. The Balaban J connectivity index is 3.98. The van der Waals surface area contributed by atoms with Crippen molar-refractivity contribution in [1.82, 2.24) is 0 Å². The highest BCUT2D eigenvalue weighted by molar-refractivity contribution is 6.14. The van der Waals surface area contributed by atoms with Crippen molar-refractivity contribution in [1.29, 1.82) is 0 Å². The fraction of sp³-hybridized carbons (Fsp3) is 0.636. The van der Waals surface area contributed by atoms with Gasteiger partial charge in [-0.05, 0) is 0 Å². The van der Waals surface area contributed by atoms with E-state index in [1.165, 1.54) is 0 Å². The van der Waals surface area contributed by atoms with E-state index >= 15 is 0 Å². The van der Waals surface area contributed by atoms with Crippen LogP contribution >= 0.6 is 0 Å². The lowest BCUT2D eigenvalue weighted by Crippen LogP contribution is -2.73. The maximum Gasteiger partial charge on any atom is 0.460 e. The molecule has 1 rings (SSSR count). The third-order valence-corrected chi connectivity index (χ3v) is 6.64. The van der Waals surface area contributed by atoms with Gasteiger partial charge in [-0.25, -0.2) is 0 Å². The standard InChI is InChI=1S/C22H4F30O2/c23-9(24,11(27,28)13(31,32)15(35,36)17(39,40)19(43,44)21(47,48)49)7(53)5-3-1-2-4-6(5)8(54)10(25,26)12(29,30)14(33,34)16(37,38)18(41,42)20(45,46)22(50,51)52/h1-4H. The Morgan fingerprint density at radius 2 is 0.444 bits per heavy atom. The molecule has 0 saturated carbocycles. The summed E-state index contributed by atoms with van der Waals surface area (Å²) in [7, 11) is 0. The molecule has 54 heavy (non-hydrogen) atoms. The van der Waals surface area contributed by atoms with Gasteiger partial charge >= 0.3 is 83.4 Å². The lowest BCUT2D eigenvalue weighted by atomic mass is 9.84. The van der Waals surface area contributed by atoms with E-state index in [0.29, 0.717) is 0 Å². The van der Waals surface area contributed by atoms with Gasteiger partial charge in [0.1, 0.15) is 0 Å². The summed E-state index contributed by atoms with van der Waals surface area (Å²) in [4.78, 5) is 24.0. The minimum absolute atomic E-state index is 0.318. The van der Waals surface area contributed by atoms with Crippen molar-refractivity contribution < 1.29 is 141 Å². The number of ketones is 2. The molecule has 0 aromatic heterocycles. The van der Waals surface area contributed by atoms with E-state index in [-0.39, 0.29) is 12.1 Å². The van der Waals surface area contributed by atoms with Gasteiger partial charge in [0.2, 0.25) is 11.6 Å². The first kappa shape index (κ1) is 48.5. The number of carbonyl (C=O) groups excluding carboxylic acids is 2. The quantitative estimate of drug-likeness (QED) is 0.138. The van der Waals surface area contributed by atoms with E-state index in [4.69, 9.17) is 0 Å². The van der Waals surface area contributed by atoms with Crippen LogP contribution in [0.5, 0.6) is 0 Å². The van der Waals surface area contributed by atoms with Crippen molar-refractivity contribution in [2.24, 2.45) is 0 Å². The molecule has 0 amide bonds. The van der Waals surface area contributed by atoms with E-state index in [1.807, 2.05) is 0 Å². The summed E-state index contributed by atoms with van der Waals surface area (Å²) < 4.78 is 403. The third kappa shape index (κ3) is 5.95. The Bertz CT molecular complexity index is 1480. The Morgan fingerprint density at radius 1 is 0.278 bits per heavy atom. The Morgan fingerprint density at radius 3 is 0.630 bits per heavy atom. The maximum absolute atomic E-state index is 14.4. The number of alkyl halides is 30. The number of carbonyl (C=O) groups is 2. The molecular weight excluding hydrogens is 866 g/mol. The number of hydrogen-bond donors (Lipinski definition) is 0. The molecule has 32 heteroatoms. The van der Waals surface area contributed by atoms with E-state index in [1.54, 1.807) is 0 Å². The Hall–Kier alpha value is -3.54. The molecule has 2 nitrogen and oxygen atoms in total. The van der Waals surface area contributed by atoms with Crippen molar-refractivity contribution in [3.8, 4) is 0 Å². The highest BCUT2D eigenvalue weighted by Crippen LogP contribution is 2.64. The molecule has 0 aliphatic carbocycles. The molecule has 1 aromatic rings. The lowest BCUT2D eigenvalue weighted by Gasteiger charge is -2.41. The first-order chi connectivity index (χ1) is 23.0. The van der Waals surface area contributed by atoms with Crippen LogP contribution in [0.15, 0.2) is 24.3 Å². The molecule has 0 atom stereocenters. The van der Waals surface area contributed by atoms with Gasteiger partial charge in [0.05, 0.1) is 0 Å². The second kappa shape index (κ2) is 12.5. The highest BCUT2D eigenvalue weighted by atomic mass is 19.4. The summed E-state index contributed by atoms with van der Waals surface area (Å²) >= 11 is 0. The van der Waals surface area contributed by atoms with Crippen molar-refractivity contribution in [3.05, 3.63) is 35.4 Å². The van der Waals surface area contributed by atoms with E-state index in [0.717, 1.165) is 0 Å². The molecule has 0 aliphatic rings. The first-order valence-corrected chi connectivity index (χ1v) is 11.9. The van der Waals surface area contributed by atoms with Crippen LogP contribution in [-0.4, -0.2) is 95.0 Å². The number of rotatable bonds is 14.